The lowest BCUT2D eigenvalue weighted by atomic mass is 9.94. The van der Waals surface area contributed by atoms with Crippen molar-refractivity contribution in [1.82, 2.24) is 4.90 Å². The van der Waals surface area contributed by atoms with E-state index in [2.05, 4.69) is 50.2 Å². The first-order chi connectivity index (χ1) is 8.60. The van der Waals surface area contributed by atoms with Gasteiger partial charge in [-0.05, 0) is 44.2 Å². The molecule has 3 heteroatoms. The molecule has 0 aliphatic heterocycles. The van der Waals surface area contributed by atoms with Crippen LogP contribution in [0.5, 0.6) is 0 Å². The third-order valence-corrected chi connectivity index (χ3v) is 4.84. The van der Waals surface area contributed by atoms with Gasteiger partial charge in [0.25, 0.3) is 0 Å². The molecule has 1 aromatic heterocycles. The molecule has 3 unspecified atom stereocenters. The summed E-state index contributed by atoms with van der Waals surface area (Å²) in [5.41, 5.74) is 5.98. The van der Waals surface area contributed by atoms with E-state index in [9.17, 15) is 0 Å². The van der Waals surface area contributed by atoms with Gasteiger partial charge in [0.2, 0.25) is 0 Å². The van der Waals surface area contributed by atoms with Gasteiger partial charge in [0.15, 0.2) is 0 Å². The average Bonchev–Trinajstić information content (AvgIpc) is 2.83. The maximum Gasteiger partial charge on any atom is 0.0243 e. The fraction of sp³-hybridized carbons (Fsp3) is 0.733. The SMILES string of the molecule is CCCC(C)C(CN)N(C)C(C)Cc1cccs1. The average molecular weight is 268 g/mol. The van der Waals surface area contributed by atoms with E-state index >= 15 is 0 Å². The molecule has 0 aliphatic carbocycles. The molecule has 0 saturated heterocycles. The van der Waals surface area contributed by atoms with Crippen LogP contribution in [0.2, 0.25) is 0 Å². The van der Waals surface area contributed by atoms with E-state index in [1.165, 1.54) is 17.7 Å². The van der Waals surface area contributed by atoms with E-state index in [1.807, 2.05) is 11.3 Å². The number of nitrogens with two attached hydrogens (primary N) is 1. The molecule has 0 fully saturated rings. The van der Waals surface area contributed by atoms with Gasteiger partial charge in [0.1, 0.15) is 0 Å². The maximum absolute atomic E-state index is 5.98. The largest absolute Gasteiger partial charge is 0.329 e. The van der Waals surface area contributed by atoms with Gasteiger partial charge in [-0.1, -0.05) is 26.3 Å². The Morgan fingerprint density at radius 3 is 2.61 bits per heavy atom. The van der Waals surface area contributed by atoms with Gasteiger partial charge in [-0.15, -0.1) is 11.3 Å². The van der Waals surface area contributed by atoms with Gasteiger partial charge in [-0.2, -0.15) is 0 Å². The molecule has 2 nitrogen and oxygen atoms in total. The van der Waals surface area contributed by atoms with E-state index < -0.39 is 0 Å². The van der Waals surface area contributed by atoms with Crippen molar-refractivity contribution < 1.29 is 0 Å². The lowest BCUT2D eigenvalue weighted by Crippen LogP contribution is -2.47. The highest BCUT2D eigenvalue weighted by Crippen LogP contribution is 2.20. The number of hydrogen-bond acceptors (Lipinski definition) is 3. The number of likely N-dealkylation sites (N-methyl/N-ethyl adjacent to an activating group) is 1. The number of hydrogen-bond donors (Lipinski definition) is 1. The predicted molar refractivity (Wildman–Crippen MR) is 82.2 cm³/mol. The number of rotatable bonds is 8. The molecule has 0 aromatic carbocycles. The zero-order valence-corrected chi connectivity index (χ0v) is 13.0. The van der Waals surface area contributed by atoms with Crippen molar-refractivity contribution in [1.29, 1.82) is 0 Å². The predicted octanol–water partition coefficient (Wildman–Crippen LogP) is 3.37. The second-order valence-corrected chi connectivity index (χ2v) is 6.40. The Labute approximate surface area is 116 Å². The Morgan fingerprint density at radius 2 is 2.11 bits per heavy atom. The third kappa shape index (κ3) is 4.38. The highest BCUT2D eigenvalue weighted by Gasteiger charge is 2.23. The minimum Gasteiger partial charge on any atom is -0.329 e. The van der Waals surface area contributed by atoms with Gasteiger partial charge >= 0.3 is 0 Å². The first kappa shape index (κ1) is 15.7. The Kier molecular flexibility index (Phi) is 6.90. The fourth-order valence-electron chi connectivity index (χ4n) is 2.64. The van der Waals surface area contributed by atoms with Crippen molar-refractivity contribution >= 4 is 11.3 Å². The maximum atomic E-state index is 5.98. The minimum atomic E-state index is 0.500. The van der Waals surface area contributed by atoms with Gasteiger partial charge in [-0.25, -0.2) is 0 Å². The van der Waals surface area contributed by atoms with Crippen molar-refractivity contribution in [2.45, 2.75) is 52.1 Å². The van der Waals surface area contributed by atoms with Crippen LogP contribution in [-0.4, -0.2) is 30.6 Å². The van der Waals surface area contributed by atoms with Crippen LogP contribution in [0.4, 0.5) is 0 Å². The van der Waals surface area contributed by atoms with Crippen molar-refractivity contribution in [3.05, 3.63) is 22.4 Å². The van der Waals surface area contributed by atoms with Crippen LogP contribution in [0.3, 0.4) is 0 Å². The van der Waals surface area contributed by atoms with Crippen LogP contribution in [0.25, 0.3) is 0 Å². The molecular formula is C15H28N2S. The van der Waals surface area contributed by atoms with Crippen molar-refractivity contribution in [3.8, 4) is 0 Å². The van der Waals surface area contributed by atoms with Gasteiger partial charge in [0, 0.05) is 23.5 Å². The lowest BCUT2D eigenvalue weighted by Gasteiger charge is -2.36. The second kappa shape index (κ2) is 7.93. The summed E-state index contributed by atoms with van der Waals surface area (Å²) in [6, 6.07) is 5.41. The number of nitrogens with zero attached hydrogens (tertiary/aromatic N) is 1. The summed E-state index contributed by atoms with van der Waals surface area (Å²) in [7, 11) is 2.22. The summed E-state index contributed by atoms with van der Waals surface area (Å²) in [4.78, 5) is 3.94. The molecule has 104 valence electrons. The zero-order chi connectivity index (χ0) is 13.5. The molecule has 0 aliphatic rings. The van der Waals surface area contributed by atoms with Gasteiger partial charge < -0.3 is 5.73 Å². The Bertz CT molecular complexity index is 310. The zero-order valence-electron chi connectivity index (χ0n) is 12.2. The van der Waals surface area contributed by atoms with Crippen molar-refractivity contribution in [2.75, 3.05) is 13.6 Å². The standard InChI is InChI=1S/C15H28N2S/c1-5-7-12(2)15(11-16)17(4)13(3)10-14-8-6-9-18-14/h6,8-9,12-13,15H,5,7,10-11,16H2,1-4H3. The molecule has 0 saturated carbocycles. The second-order valence-electron chi connectivity index (χ2n) is 5.37. The molecule has 2 N–H and O–H groups in total. The van der Waals surface area contributed by atoms with Crippen LogP contribution < -0.4 is 5.73 Å². The first-order valence-corrected chi connectivity index (χ1v) is 7.92. The van der Waals surface area contributed by atoms with Crippen LogP contribution in [0.15, 0.2) is 17.5 Å². The Hall–Kier alpha value is -0.380. The summed E-state index contributed by atoms with van der Waals surface area (Å²) in [5.74, 6) is 0.677. The molecule has 0 spiro atoms. The third-order valence-electron chi connectivity index (χ3n) is 3.94. The van der Waals surface area contributed by atoms with E-state index in [0.717, 1.165) is 13.0 Å². The van der Waals surface area contributed by atoms with Crippen molar-refractivity contribution in [3.63, 3.8) is 0 Å². The molecule has 1 aromatic rings. The van der Waals surface area contributed by atoms with E-state index in [4.69, 9.17) is 5.73 Å². The summed E-state index contributed by atoms with van der Waals surface area (Å²) in [6.45, 7) is 7.64. The summed E-state index contributed by atoms with van der Waals surface area (Å²) in [6.07, 6.45) is 3.63. The highest BCUT2D eigenvalue weighted by molar-refractivity contribution is 7.09. The monoisotopic (exact) mass is 268 g/mol. The molecular weight excluding hydrogens is 240 g/mol. The van der Waals surface area contributed by atoms with Gasteiger partial charge in [-0.3, -0.25) is 4.90 Å². The highest BCUT2D eigenvalue weighted by atomic mass is 32.1. The van der Waals surface area contributed by atoms with Crippen LogP contribution in [-0.2, 0) is 6.42 Å². The quantitative estimate of drug-likeness (QED) is 0.783. The van der Waals surface area contributed by atoms with Gasteiger partial charge in [0.05, 0.1) is 0 Å². The lowest BCUT2D eigenvalue weighted by molar-refractivity contribution is 0.137. The minimum absolute atomic E-state index is 0.500. The summed E-state index contributed by atoms with van der Waals surface area (Å²) >= 11 is 1.85. The molecule has 0 bridgehead atoms. The Balaban J connectivity index is 2.56. The van der Waals surface area contributed by atoms with Crippen LogP contribution >= 0.6 is 11.3 Å². The van der Waals surface area contributed by atoms with Crippen LogP contribution in [0, 0.1) is 5.92 Å². The molecule has 18 heavy (non-hydrogen) atoms. The molecule has 0 amide bonds. The molecule has 1 rings (SSSR count). The topological polar surface area (TPSA) is 29.3 Å². The first-order valence-electron chi connectivity index (χ1n) is 7.04. The van der Waals surface area contributed by atoms with E-state index in [-0.39, 0.29) is 0 Å². The van der Waals surface area contributed by atoms with Crippen LogP contribution in [0.1, 0.15) is 38.5 Å². The summed E-state index contributed by atoms with van der Waals surface area (Å²) < 4.78 is 0. The van der Waals surface area contributed by atoms with Crippen molar-refractivity contribution in [2.24, 2.45) is 11.7 Å². The summed E-state index contributed by atoms with van der Waals surface area (Å²) in [5, 5.41) is 2.15. The fourth-order valence-corrected chi connectivity index (χ4v) is 3.46. The molecule has 0 radical (unpaired) electrons. The van der Waals surface area contributed by atoms with E-state index in [0.29, 0.717) is 18.0 Å². The van der Waals surface area contributed by atoms with E-state index in [1.54, 1.807) is 0 Å². The number of thiophene rings is 1. The smallest absolute Gasteiger partial charge is 0.0243 e. The molecule has 3 atom stereocenters. The molecule has 1 heterocycles. The normalized spacial score (nSPS) is 16.8. The Morgan fingerprint density at radius 1 is 1.39 bits per heavy atom.